The molecule has 0 aliphatic rings. The van der Waals surface area contributed by atoms with Crippen LogP contribution in [0.25, 0.3) is 0 Å². The van der Waals surface area contributed by atoms with Crippen LogP contribution in [0.15, 0.2) is 30.3 Å². The molecule has 17 heavy (non-hydrogen) atoms. The molecule has 0 fully saturated rings. The van der Waals surface area contributed by atoms with Crippen molar-refractivity contribution in [2.45, 2.75) is 38.5 Å². The Bertz CT molecular complexity index is 292. The quantitative estimate of drug-likeness (QED) is 0.571. The Hall–Kier alpha value is -0.683. The molecule has 1 aromatic rings. The van der Waals surface area contributed by atoms with E-state index in [4.69, 9.17) is 9.16 Å². The average molecular weight is 254 g/mol. The predicted octanol–water partition coefficient (Wildman–Crippen LogP) is 2.16. The molecule has 0 saturated heterocycles. The molecule has 0 saturated carbocycles. The Balaban J connectivity index is 2.34. The molecule has 4 heteroatoms. The molecule has 1 rings (SSSR count). The lowest BCUT2D eigenvalue weighted by molar-refractivity contribution is -0.0713. The van der Waals surface area contributed by atoms with Gasteiger partial charge in [-0.15, -0.1) is 0 Å². The van der Waals surface area contributed by atoms with Gasteiger partial charge in [0.1, 0.15) is 6.29 Å². The molecular formula is C13H22O3Si. The normalized spacial score (nSPS) is 14.5. The lowest BCUT2D eigenvalue weighted by Gasteiger charge is -2.19. The highest BCUT2D eigenvalue weighted by Gasteiger charge is 2.16. The topological polar surface area (TPSA) is 38.7 Å². The van der Waals surface area contributed by atoms with Gasteiger partial charge in [0.15, 0.2) is 0 Å². The zero-order valence-corrected chi connectivity index (χ0v) is 11.8. The van der Waals surface area contributed by atoms with E-state index < -0.39 is 9.28 Å². The molecule has 1 N–H and O–H groups in total. The highest BCUT2D eigenvalue weighted by atomic mass is 28.3. The van der Waals surface area contributed by atoms with Gasteiger partial charge in [-0.3, -0.25) is 0 Å². The molecule has 2 atom stereocenters. The van der Waals surface area contributed by atoms with Gasteiger partial charge in [0.25, 0.3) is 0 Å². The first kappa shape index (κ1) is 14.4. The van der Waals surface area contributed by atoms with Crippen LogP contribution in [0.3, 0.4) is 0 Å². The van der Waals surface area contributed by atoms with Crippen LogP contribution in [-0.4, -0.2) is 27.5 Å². The van der Waals surface area contributed by atoms with E-state index in [-0.39, 0.29) is 6.29 Å². The van der Waals surface area contributed by atoms with Crippen molar-refractivity contribution in [2.75, 3.05) is 7.11 Å². The lowest BCUT2D eigenvalue weighted by Crippen LogP contribution is -2.29. The first-order chi connectivity index (χ1) is 8.26. The van der Waals surface area contributed by atoms with E-state index >= 15 is 0 Å². The van der Waals surface area contributed by atoms with Crippen molar-refractivity contribution in [3.05, 3.63) is 35.9 Å². The molecule has 96 valence electrons. The lowest BCUT2D eigenvalue weighted by atomic mass is 10.2. The Morgan fingerprint density at radius 3 is 2.59 bits per heavy atom. The van der Waals surface area contributed by atoms with Crippen molar-refractivity contribution < 1.29 is 14.0 Å². The maximum Gasteiger partial charge on any atom is 0.325 e. The number of rotatable bonds is 8. The molecule has 1 aromatic carbocycles. The van der Waals surface area contributed by atoms with Gasteiger partial charge >= 0.3 is 9.28 Å². The molecule has 3 nitrogen and oxygen atoms in total. The number of benzene rings is 1. The van der Waals surface area contributed by atoms with Crippen LogP contribution in [-0.2, 0) is 15.2 Å². The first-order valence-electron chi connectivity index (χ1n) is 6.16. The molecule has 0 bridgehead atoms. The van der Waals surface area contributed by atoms with E-state index in [2.05, 4.69) is 6.92 Å². The molecule has 0 aromatic heterocycles. The third kappa shape index (κ3) is 5.98. The van der Waals surface area contributed by atoms with E-state index in [9.17, 15) is 4.80 Å². The van der Waals surface area contributed by atoms with Crippen molar-refractivity contribution in [3.8, 4) is 0 Å². The van der Waals surface area contributed by atoms with Crippen molar-refractivity contribution in [1.29, 1.82) is 0 Å². The largest absolute Gasteiger partial charge is 0.413 e. The Morgan fingerprint density at radius 2 is 2.00 bits per heavy atom. The summed E-state index contributed by atoms with van der Waals surface area (Å²) in [6.07, 6.45) is 2.77. The first-order valence-corrected chi connectivity index (χ1v) is 7.97. The number of ether oxygens (including phenoxy) is 1. The minimum Gasteiger partial charge on any atom is -0.413 e. The van der Waals surface area contributed by atoms with E-state index in [1.165, 1.54) is 0 Å². The summed E-state index contributed by atoms with van der Waals surface area (Å²) >= 11 is 0. The third-order valence-corrected chi connectivity index (χ3v) is 4.06. The minimum absolute atomic E-state index is 0.250. The molecule has 2 unspecified atom stereocenters. The molecule has 0 aliphatic carbocycles. The summed E-state index contributed by atoms with van der Waals surface area (Å²) in [5, 5.41) is 0. The van der Waals surface area contributed by atoms with E-state index in [1.807, 2.05) is 30.3 Å². The van der Waals surface area contributed by atoms with Crippen molar-refractivity contribution in [1.82, 2.24) is 0 Å². The molecular weight excluding hydrogens is 232 g/mol. The van der Waals surface area contributed by atoms with Crippen LogP contribution in [0, 0.1) is 0 Å². The van der Waals surface area contributed by atoms with Gasteiger partial charge in [-0.25, -0.2) is 0 Å². The summed E-state index contributed by atoms with van der Waals surface area (Å²) in [5.41, 5.74) is 1.12. The number of hydrogen-bond donors (Lipinski definition) is 1. The summed E-state index contributed by atoms with van der Waals surface area (Å²) in [7, 11) is -0.543. The predicted molar refractivity (Wildman–Crippen MR) is 70.9 cm³/mol. The van der Waals surface area contributed by atoms with Crippen LogP contribution in [0.2, 0.25) is 0 Å². The summed E-state index contributed by atoms with van der Waals surface area (Å²) in [6.45, 7) is 2.13. The fourth-order valence-corrected chi connectivity index (χ4v) is 3.02. The third-order valence-electron chi connectivity index (χ3n) is 2.62. The van der Waals surface area contributed by atoms with Gasteiger partial charge in [0, 0.05) is 13.2 Å². The van der Waals surface area contributed by atoms with Gasteiger partial charge < -0.3 is 14.0 Å². The van der Waals surface area contributed by atoms with Gasteiger partial charge in [-0.2, -0.15) is 0 Å². The number of hydrogen-bond acceptors (Lipinski definition) is 3. The smallest absolute Gasteiger partial charge is 0.325 e. The summed E-state index contributed by atoms with van der Waals surface area (Å²) < 4.78 is 10.8. The average Bonchev–Trinajstić information content (AvgIpc) is 2.35. The zero-order valence-electron chi connectivity index (χ0n) is 10.6. The van der Waals surface area contributed by atoms with E-state index in [0.29, 0.717) is 6.04 Å². The van der Waals surface area contributed by atoms with Crippen molar-refractivity contribution in [3.63, 3.8) is 0 Å². The maximum atomic E-state index is 9.94. The summed E-state index contributed by atoms with van der Waals surface area (Å²) in [4.78, 5) is 9.94. The monoisotopic (exact) mass is 254 g/mol. The maximum absolute atomic E-state index is 9.94. The molecule has 0 radical (unpaired) electrons. The van der Waals surface area contributed by atoms with Crippen molar-refractivity contribution >= 4 is 9.28 Å². The van der Waals surface area contributed by atoms with Crippen LogP contribution in [0.4, 0.5) is 0 Å². The molecule has 0 aliphatic heterocycles. The molecule has 0 heterocycles. The zero-order chi connectivity index (χ0) is 12.5. The highest BCUT2D eigenvalue weighted by Crippen LogP contribution is 2.09. The molecule has 0 amide bonds. The Morgan fingerprint density at radius 1 is 1.29 bits per heavy atom. The summed E-state index contributed by atoms with van der Waals surface area (Å²) in [5.74, 6) is 0. The van der Waals surface area contributed by atoms with Gasteiger partial charge in [-0.1, -0.05) is 43.7 Å². The standard InChI is InChI=1S/C13H22O3Si/c1-3-4-10-13(15-2)16-17(14)11-12-8-6-5-7-9-12/h5-9,13-14,17H,3-4,10-11H2,1-2H3. The van der Waals surface area contributed by atoms with Gasteiger partial charge in [0.2, 0.25) is 0 Å². The Labute approximate surface area is 105 Å². The number of unbranched alkanes of at least 4 members (excludes halogenated alkanes) is 1. The van der Waals surface area contributed by atoms with Crippen LogP contribution >= 0.6 is 0 Å². The Kier molecular flexibility index (Phi) is 7.12. The second kappa shape index (κ2) is 8.41. The van der Waals surface area contributed by atoms with Crippen LogP contribution in [0.1, 0.15) is 31.7 Å². The summed E-state index contributed by atoms with van der Waals surface area (Å²) in [6, 6.07) is 10.6. The highest BCUT2D eigenvalue weighted by molar-refractivity contribution is 6.42. The van der Waals surface area contributed by atoms with Crippen LogP contribution < -0.4 is 0 Å². The SMILES string of the molecule is CCCCC(OC)O[SiH](O)Cc1ccccc1. The van der Waals surface area contributed by atoms with E-state index in [0.717, 1.165) is 24.8 Å². The second-order valence-corrected chi connectivity index (χ2v) is 5.68. The second-order valence-electron chi connectivity index (χ2n) is 4.09. The fraction of sp³-hybridized carbons (Fsp3) is 0.538. The molecule has 0 spiro atoms. The number of methoxy groups -OCH3 is 1. The minimum atomic E-state index is -2.17. The fourth-order valence-electron chi connectivity index (χ4n) is 1.65. The van der Waals surface area contributed by atoms with Gasteiger partial charge in [-0.05, 0) is 18.4 Å². The van der Waals surface area contributed by atoms with Crippen molar-refractivity contribution in [2.24, 2.45) is 0 Å². The van der Waals surface area contributed by atoms with Crippen LogP contribution in [0.5, 0.6) is 0 Å². The van der Waals surface area contributed by atoms with Gasteiger partial charge in [0.05, 0.1) is 0 Å². The van der Waals surface area contributed by atoms with E-state index in [1.54, 1.807) is 7.11 Å².